The summed E-state index contributed by atoms with van der Waals surface area (Å²) in [5.74, 6) is -0.0444. The van der Waals surface area contributed by atoms with Crippen LogP contribution in [0.4, 0.5) is 0 Å². The summed E-state index contributed by atoms with van der Waals surface area (Å²) in [7, 11) is 4.54. The van der Waals surface area contributed by atoms with Gasteiger partial charge in [-0.05, 0) is 35.9 Å². The Kier molecular flexibility index (Phi) is 6.54. The van der Waals surface area contributed by atoms with Gasteiger partial charge in [-0.25, -0.2) is 4.79 Å². The number of benzene rings is 2. The molecule has 2 aromatic rings. The minimum absolute atomic E-state index is 0.294. The van der Waals surface area contributed by atoms with Crippen molar-refractivity contribution in [3.63, 3.8) is 0 Å². The summed E-state index contributed by atoms with van der Waals surface area (Å²) in [4.78, 5) is 24.5. The second-order valence-corrected chi connectivity index (χ2v) is 5.20. The van der Waals surface area contributed by atoms with Crippen LogP contribution in [-0.4, -0.2) is 39.7 Å². The van der Waals surface area contributed by atoms with Crippen LogP contribution in [0.3, 0.4) is 0 Å². The van der Waals surface area contributed by atoms with Crippen LogP contribution >= 0.6 is 0 Å². The molecular formula is C19H20O6. The van der Waals surface area contributed by atoms with Gasteiger partial charge >= 0.3 is 5.97 Å². The largest absolute Gasteiger partial charge is 0.497 e. The molecule has 6 nitrogen and oxygen atoms in total. The molecule has 0 N–H and O–H groups in total. The van der Waals surface area contributed by atoms with Gasteiger partial charge in [-0.3, -0.25) is 4.79 Å². The molecule has 132 valence electrons. The molecule has 0 aromatic heterocycles. The quantitative estimate of drug-likeness (QED) is 0.542. The van der Waals surface area contributed by atoms with Crippen LogP contribution in [0.5, 0.6) is 11.5 Å². The third-order valence-electron chi connectivity index (χ3n) is 3.52. The van der Waals surface area contributed by atoms with Crippen LogP contribution in [0.1, 0.15) is 26.3 Å². The summed E-state index contributed by atoms with van der Waals surface area (Å²) >= 11 is 0. The smallest absolute Gasteiger partial charge is 0.338 e. The molecule has 0 amide bonds. The van der Waals surface area contributed by atoms with Gasteiger partial charge < -0.3 is 18.9 Å². The summed E-state index contributed by atoms with van der Waals surface area (Å²) < 4.78 is 20.4. The lowest BCUT2D eigenvalue weighted by molar-refractivity contribution is 0.0473. The predicted octanol–water partition coefficient (Wildman–Crippen LogP) is 2.89. The van der Waals surface area contributed by atoms with E-state index < -0.39 is 12.6 Å². The van der Waals surface area contributed by atoms with Crippen molar-refractivity contribution in [3.8, 4) is 11.5 Å². The molecule has 0 aliphatic heterocycles. The fraction of sp³-hybridized carbons (Fsp3) is 0.263. The molecular weight excluding hydrogens is 324 g/mol. The Bertz CT molecular complexity index is 753. The van der Waals surface area contributed by atoms with Crippen LogP contribution < -0.4 is 9.47 Å². The van der Waals surface area contributed by atoms with E-state index in [1.165, 1.54) is 14.2 Å². The van der Waals surface area contributed by atoms with E-state index in [0.717, 1.165) is 5.56 Å². The van der Waals surface area contributed by atoms with Gasteiger partial charge in [0.15, 0.2) is 6.61 Å². The molecule has 0 radical (unpaired) electrons. The molecule has 0 heterocycles. The Morgan fingerprint density at radius 1 is 0.960 bits per heavy atom. The van der Waals surface area contributed by atoms with Crippen molar-refractivity contribution in [1.29, 1.82) is 0 Å². The monoisotopic (exact) mass is 344 g/mol. The fourth-order valence-corrected chi connectivity index (χ4v) is 2.28. The lowest BCUT2D eigenvalue weighted by Gasteiger charge is -2.10. The van der Waals surface area contributed by atoms with Gasteiger partial charge in [-0.2, -0.15) is 0 Å². The summed E-state index contributed by atoms with van der Waals surface area (Å²) in [6.45, 7) is -0.00206. The summed E-state index contributed by atoms with van der Waals surface area (Å²) in [5.41, 5.74) is 1.50. The van der Waals surface area contributed by atoms with Gasteiger partial charge in [-0.1, -0.05) is 12.1 Å². The van der Waals surface area contributed by atoms with Crippen LogP contribution in [0.2, 0.25) is 0 Å². The molecule has 2 rings (SSSR count). The first-order chi connectivity index (χ1) is 12.1. The number of ketones is 1. The van der Waals surface area contributed by atoms with E-state index in [2.05, 4.69) is 0 Å². The van der Waals surface area contributed by atoms with Crippen molar-refractivity contribution in [2.24, 2.45) is 0 Å². The zero-order chi connectivity index (χ0) is 18.2. The van der Waals surface area contributed by atoms with Gasteiger partial charge in [0.25, 0.3) is 0 Å². The molecule has 0 bridgehead atoms. The van der Waals surface area contributed by atoms with Crippen LogP contribution in [0.15, 0.2) is 42.5 Å². The lowest BCUT2D eigenvalue weighted by atomic mass is 10.1. The van der Waals surface area contributed by atoms with E-state index in [9.17, 15) is 9.59 Å². The highest BCUT2D eigenvalue weighted by Crippen LogP contribution is 2.24. The van der Waals surface area contributed by atoms with Crippen molar-refractivity contribution < 1.29 is 28.5 Å². The highest BCUT2D eigenvalue weighted by Gasteiger charge is 2.17. The summed E-state index contributed by atoms with van der Waals surface area (Å²) in [6, 6.07) is 11.7. The Labute approximate surface area is 146 Å². The topological polar surface area (TPSA) is 71.1 Å². The predicted molar refractivity (Wildman–Crippen MR) is 91.3 cm³/mol. The van der Waals surface area contributed by atoms with E-state index in [1.54, 1.807) is 43.5 Å². The van der Waals surface area contributed by atoms with Crippen LogP contribution in [-0.2, 0) is 16.1 Å². The molecule has 0 aliphatic carbocycles. The number of Topliss-reactive ketones (excluding diaryl/α,β-unsaturated/α-hetero) is 1. The highest BCUT2D eigenvalue weighted by molar-refractivity contribution is 6.01. The van der Waals surface area contributed by atoms with Crippen LogP contribution in [0.25, 0.3) is 0 Å². The molecule has 0 saturated carbocycles. The number of rotatable bonds is 8. The summed E-state index contributed by atoms with van der Waals surface area (Å²) in [6.07, 6.45) is 0. The second kappa shape index (κ2) is 8.84. The number of hydrogen-bond donors (Lipinski definition) is 0. The Morgan fingerprint density at radius 2 is 1.76 bits per heavy atom. The molecule has 0 spiro atoms. The standard InChI is InChI=1S/C19H20O6/c1-22-11-13-5-4-6-14(9-13)19(21)25-12-17(20)16-10-15(23-2)7-8-18(16)24-3/h4-10H,11-12H2,1-3H3. The molecule has 6 heteroatoms. The lowest BCUT2D eigenvalue weighted by Crippen LogP contribution is -2.15. The van der Waals surface area contributed by atoms with Crippen molar-refractivity contribution in [2.75, 3.05) is 27.9 Å². The first-order valence-corrected chi connectivity index (χ1v) is 7.59. The van der Waals surface area contributed by atoms with Gasteiger partial charge in [0.05, 0.1) is 32.0 Å². The first-order valence-electron chi connectivity index (χ1n) is 7.59. The Hall–Kier alpha value is -2.86. The maximum Gasteiger partial charge on any atom is 0.338 e. The molecule has 0 aliphatic rings. The van der Waals surface area contributed by atoms with Gasteiger partial charge in [0, 0.05) is 7.11 Å². The van der Waals surface area contributed by atoms with Gasteiger partial charge in [-0.15, -0.1) is 0 Å². The molecule has 25 heavy (non-hydrogen) atoms. The molecule has 0 fully saturated rings. The number of ether oxygens (including phenoxy) is 4. The Balaban J connectivity index is 2.07. The van der Waals surface area contributed by atoms with E-state index in [1.807, 2.05) is 6.07 Å². The van der Waals surface area contributed by atoms with Crippen molar-refractivity contribution >= 4 is 11.8 Å². The molecule has 2 aromatic carbocycles. The average molecular weight is 344 g/mol. The summed E-state index contributed by atoms with van der Waals surface area (Å²) in [5, 5.41) is 0. The van der Waals surface area contributed by atoms with E-state index in [4.69, 9.17) is 18.9 Å². The van der Waals surface area contributed by atoms with E-state index >= 15 is 0 Å². The maximum atomic E-state index is 12.4. The third-order valence-corrected chi connectivity index (χ3v) is 3.52. The zero-order valence-electron chi connectivity index (χ0n) is 14.4. The molecule has 0 unspecified atom stereocenters. The Morgan fingerprint density at radius 3 is 2.44 bits per heavy atom. The third kappa shape index (κ3) is 4.81. The number of carbonyl (C=O) groups excluding carboxylic acids is 2. The van der Waals surface area contributed by atoms with Crippen molar-refractivity contribution in [2.45, 2.75) is 6.61 Å². The van der Waals surface area contributed by atoms with E-state index in [0.29, 0.717) is 29.2 Å². The van der Waals surface area contributed by atoms with Crippen LogP contribution in [0, 0.1) is 0 Å². The molecule has 0 atom stereocenters. The number of hydrogen-bond acceptors (Lipinski definition) is 6. The van der Waals surface area contributed by atoms with Gasteiger partial charge in [0.1, 0.15) is 11.5 Å². The van der Waals surface area contributed by atoms with E-state index in [-0.39, 0.29) is 5.78 Å². The van der Waals surface area contributed by atoms with Crippen molar-refractivity contribution in [3.05, 3.63) is 59.2 Å². The van der Waals surface area contributed by atoms with Crippen molar-refractivity contribution in [1.82, 2.24) is 0 Å². The first kappa shape index (κ1) is 18.5. The van der Waals surface area contributed by atoms with Gasteiger partial charge in [0.2, 0.25) is 5.78 Å². The molecule has 0 saturated heterocycles. The second-order valence-electron chi connectivity index (χ2n) is 5.20. The highest BCUT2D eigenvalue weighted by atomic mass is 16.5. The normalized spacial score (nSPS) is 10.2. The minimum atomic E-state index is -0.576. The number of carbonyl (C=O) groups is 2. The fourth-order valence-electron chi connectivity index (χ4n) is 2.28. The zero-order valence-corrected chi connectivity index (χ0v) is 14.4. The SMILES string of the molecule is COCc1cccc(C(=O)OCC(=O)c2cc(OC)ccc2OC)c1. The average Bonchev–Trinajstić information content (AvgIpc) is 2.65. The number of methoxy groups -OCH3 is 3. The minimum Gasteiger partial charge on any atom is -0.497 e. The number of esters is 1. The maximum absolute atomic E-state index is 12.4.